The monoisotopic (exact) mass is 519 g/mol. The zero-order chi connectivity index (χ0) is 27.1. The number of likely N-dealkylation sites (tertiary alicyclic amines) is 1. The maximum absolute atomic E-state index is 12.4. The number of benzene rings is 2. The van der Waals surface area contributed by atoms with Gasteiger partial charge in [0.05, 0.1) is 30.0 Å². The second kappa shape index (κ2) is 12.9. The summed E-state index contributed by atoms with van der Waals surface area (Å²) in [6, 6.07) is 10.7. The number of hydrogen-bond acceptors (Lipinski definition) is 7. The molecule has 0 saturated carbocycles. The molecule has 0 radical (unpaired) electrons. The van der Waals surface area contributed by atoms with E-state index >= 15 is 0 Å². The molecule has 1 atom stereocenters. The van der Waals surface area contributed by atoms with E-state index in [1.165, 1.54) is 36.7 Å². The van der Waals surface area contributed by atoms with Crippen LogP contribution in [0.15, 0.2) is 36.5 Å². The highest BCUT2D eigenvalue weighted by Crippen LogP contribution is 2.38. The van der Waals surface area contributed by atoms with Crippen LogP contribution in [0, 0.1) is 0 Å². The lowest BCUT2D eigenvalue weighted by atomic mass is 10.0. The van der Waals surface area contributed by atoms with Crippen molar-refractivity contribution in [3.8, 4) is 11.5 Å². The summed E-state index contributed by atoms with van der Waals surface area (Å²) < 4.78 is 11.6. The van der Waals surface area contributed by atoms with Gasteiger partial charge in [-0.15, -0.1) is 0 Å². The second-order valence-electron chi connectivity index (χ2n) is 9.76. The summed E-state index contributed by atoms with van der Waals surface area (Å²) in [6.07, 6.45) is 6.12. The van der Waals surface area contributed by atoms with E-state index in [0.717, 1.165) is 37.0 Å². The SMILES string of the molecule is CCOc1cc2ncc(C(N)=O)c(Nc3cccc(CNCCC4CCCN4C)c3CC)c2cc1OCC. The van der Waals surface area contributed by atoms with Crippen molar-refractivity contribution < 1.29 is 14.3 Å². The van der Waals surface area contributed by atoms with Gasteiger partial charge in [-0.05, 0) is 82.9 Å². The molecule has 0 aliphatic carbocycles. The standard InChI is InChI=1S/C30H41N5O3/c1-5-22-20(18-32-14-13-21-11-9-15-35(21)4)10-8-12-25(22)34-29-23-16-27(37-6-2)28(38-7-3)17-26(23)33-19-24(29)30(31)36/h8,10,12,16-17,19,21,32H,5-7,9,11,13-15,18H2,1-4H3,(H2,31,36)(H,33,34). The van der Waals surface area contributed by atoms with Crippen LogP contribution in [0.5, 0.6) is 11.5 Å². The Kier molecular flexibility index (Phi) is 9.42. The Morgan fingerprint density at radius 2 is 1.92 bits per heavy atom. The summed E-state index contributed by atoms with van der Waals surface area (Å²) in [5.41, 5.74) is 10.8. The van der Waals surface area contributed by atoms with Gasteiger partial charge >= 0.3 is 0 Å². The van der Waals surface area contributed by atoms with Crippen LogP contribution < -0.4 is 25.8 Å². The molecule has 3 aromatic rings. The van der Waals surface area contributed by atoms with Crippen LogP contribution in [-0.4, -0.2) is 55.2 Å². The lowest BCUT2D eigenvalue weighted by molar-refractivity contribution is 0.100. The first-order valence-corrected chi connectivity index (χ1v) is 13.8. The van der Waals surface area contributed by atoms with E-state index in [0.29, 0.717) is 47.5 Å². The zero-order valence-corrected chi connectivity index (χ0v) is 23.1. The number of nitrogens with two attached hydrogens (primary N) is 1. The van der Waals surface area contributed by atoms with Gasteiger partial charge < -0.3 is 30.7 Å². The van der Waals surface area contributed by atoms with Crippen molar-refractivity contribution in [3.05, 3.63) is 53.2 Å². The second-order valence-corrected chi connectivity index (χ2v) is 9.76. The van der Waals surface area contributed by atoms with Crippen LogP contribution in [0.3, 0.4) is 0 Å². The summed E-state index contributed by atoms with van der Waals surface area (Å²) in [7, 11) is 2.22. The summed E-state index contributed by atoms with van der Waals surface area (Å²) >= 11 is 0. The maximum Gasteiger partial charge on any atom is 0.252 e. The largest absolute Gasteiger partial charge is 0.490 e. The molecule has 2 aromatic carbocycles. The molecule has 1 aliphatic heterocycles. The third-order valence-electron chi connectivity index (χ3n) is 7.33. The number of hydrogen-bond donors (Lipinski definition) is 3. The summed E-state index contributed by atoms with van der Waals surface area (Å²) in [5.74, 6) is 0.689. The fourth-order valence-electron chi connectivity index (χ4n) is 5.36. The number of amides is 1. The van der Waals surface area contributed by atoms with Crippen LogP contribution in [-0.2, 0) is 13.0 Å². The number of aromatic nitrogens is 1. The molecule has 8 heteroatoms. The van der Waals surface area contributed by atoms with Gasteiger partial charge in [0.2, 0.25) is 0 Å². The summed E-state index contributed by atoms with van der Waals surface area (Å²) in [6.45, 7) is 9.98. The Bertz CT molecular complexity index is 1260. The van der Waals surface area contributed by atoms with Crippen molar-refractivity contribution in [2.45, 2.75) is 59.0 Å². The Labute approximate surface area is 225 Å². The fraction of sp³-hybridized carbons (Fsp3) is 0.467. The number of carbonyl (C=O) groups is 1. The quantitative estimate of drug-likeness (QED) is 0.273. The molecular weight excluding hydrogens is 478 g/mol. The molecule has 1 aromatic heterocycles. The molecular formula is C30H41N5O3. The molecule has 1 amide bonds. The molecule has 204 valence electrons. The number of fused-ring (bicyclic) bond motifs is 1. The minimum Gasteiger partial charge on any atom is -0.490 e. The van der Waals surface area contributed by atoms with E-state index < -0.39 is 5.91 Å². The first-order valence-electron chi connectivity index (χ1n) is 13.8. The average Bonchev–Trinajstić information content (AvgIpc) is 3.32. The smallest absolute Gasteiger partial charge is 0.252 e. The number of carbonyl (C=O) groups excluding carboxylic acids is 1. The van der Waals surface area contributed by atoms with E-state index in [9.17, 15) is 4.79 Å². The summed E-state index contributed by atoms with van der Waals surface area (Å²) in [5, 5.41) is 7.94. The van der Waals surface area contributed by atoms with Crippen molar-refractivity contribution in [2.24, 2.45) is 5.73 Å². The van der Waals surface area contributed by atoms with Gasteiger partial charge in [0, 0.05) is 35.9 Å². The maximum atomic E-state index is 12.4. The van der Waals surface area contributed by atoms with Crippen molar-refractivity contribution in [1.82, 2.24) is 15.2 Å². The van der Waals surface area contributed by atoms with E-state index in [2.05, 4.69) is 46.6 Å². The van der Waals surface area contributed by atoms with E-state index in [4.69, 9.17) is 15.2 Å². The topological polar surface area (TPSA) is 102 Å². The number of primary amides is 1. The Hall–Kier alpha value is -3.36. The highest BCUT2D eigenvalue weighted by molar-refractivity contribution is 6.08. The highest BCUT2D eigenvalue weighted by atomic mass is 16.5. The number of pyridine rings is 1. The molecule has 38 heavy (non-hydrogen) atoms. The molecule has 0 spiro atoms. The predicted octanol–water partition coefficient (Wildman–Crippen LogP) is 5.01. The average molecular weight is 520 g/mol. The zero-order valence-electron chi connectivity index (χ0n) is 23.1. The third-order valence-corrected chi connectivity index (χ3v) is 7.33. The van der Waals surface area contributed by atoms with Gasteiger partial charge in [0.1, 0.15) is 0 Å². The molecule has 0 bridgehead atoms. The molecule has 2 heterocycles. The van der Waals surface area contributed by atoms with Gasteiger partial charge in [0.25, 0.3) is 5.91 Å². The van der Waals surface area contributed by atoms with Crippen LogP contribution >= 0.6 is 0 Å². The van der Waals surface area contributed by atoms with Gasteiger partial charge in [0.15, 0.2) is 11.5 Å². The Morgan fingerprint density at radius 3 is 2.58 bits per heavy atom. The van der Waals surface area contributed by atoms with Crippen molar-refractivity contribution >= 4 is 28.2 Å². The minimum atomic E-state index is -0.540. The van der Waals surface area contributed by atoms with Crippen molar-refractivity contribution in [3.63, 3.8) is 0 Å². The third kappa shape index (κ3) is 6.19. The number of rotatable bonds is 13. The number of anilines is 2. The molecule has 4 rings (SSSR count). The Balaban J connectivity index is 1.64. The minimum absolute atomic E-state index is 0.329. The fourth-order valence-corrected chi connectivity index (χ4v) is 5.36. The van der Waals surface area contributed by atoms with Gasteiger partial charge in [-0.3, -0.25) is 9.78 Å². The normalized spacial score (nSPS) is 15.6. The van der Waals surface area contributed by atoms with Gasteiger partial charge in [-0.25, -0.2) is 0 Å². The van der Waals surface area contributed by atoms with Crippen LogP contribution in [0.25, 0.3) is 10.9 Å². The van der Waals surface area contributed by atoms with Crippen molar-refractivity contribution in [2.75, 3.05) is 38.7 Å². The molecule has 1 unspecified atom stereocenters. The van der Waals surface area contributed by atoms with E-state index in [1.807, 2.05) is 32.0 Å². The molecule has 1 fully saturated rings. The number of nitrogens with one attached hydrogen (secondary N) is 2. The van der Waals surface area contributed by atoms with Gasteiger partial charge in [-0.1, -0.05) is 19.1 Å². The van der Waals surface area contributed by atoms with Crippen LogP contribution in [0.4, 0.5) is 11.4 Å². The number of ether oxygens (including phenoxy) is 2. The lowest BCUT2D eigenvalue weighted by Gasteiger charge is -2.21. The Morgan fingerprint density at radius 1 is 1.16 bits per heavy atom. The lowest BCUT2D eigenvalue weighted by Crippen LogP contribution is -2.29. The van der Waals surface area contributed by atoms with E-state index in [-0.39, 0.29) is 0 Å². The van der Waals surface area contributed by atoms with E-state index in [1.54, 1.807) is 0 Å². The summed E-state index contributed by atoms with van der Waals surface area (Å²) in [4.78, 5) is 19.4. The molecule has 1 aliphatic rings. The van der Waals surface area contributed by atoms with Crippen LogP contribution in [0.2, 0.25) is 0 Å². The first kappa shape index (κ1) is 27.7. The molecule has 4 N–H and O–H groups in total. The molecule has 8 nitrogen and oxygen atoms in total. The highest BCUT2D eigenvalue weighted by Gasteiger charge is 2.21. The van der Waals surface area contributed by atoms with Crippen molar-refractivity contribution in [1.29, 1.82) is 0 Å². The molecule has 1 saturated heterocycles. The van der Waals surface area contributed by atoms with Crippen LogP contribution in [0.1, 0.15) is 61.5 Å². The number of nitrogens with zero attached hydrogens (tertiary/aromatic N) is 2. The van der Waals surface area contributed by atoms with Gasteiger partial charge in [-0.2, -0.15) is 0 Å². The predicted molar refractivity (Wildman–Crippen MR) is 154 cm³/mol. The first-order chi connectivity index (χ1) is 18.5.